The Morgan fingerprint density at radius 2 is 1.62 bits per heavy atom. The molecule has 0 aliphatic rings. The van der Waals surface area contributed by atoms with Gasteiger partial charge in [-0.25, -0.2) is 13.8 Å². The highest BCUT2D eigenvalue weighted by Crippen LogP contribution is 2.25. The zero-order chi connectivity index (χ0) is 24.7. The molecule has 9 heteroatoms. The number of nitrogens with one attached hydrogen (secondary N) is 1. The molecule has 0 saturated heterocycles. The molecule has 3 aromatic rings. The molecule has 0 atom stereocenters. The Bertz CT molecular complexity index is 1260. The number of hydrogen-bond acceptors (Lipinski definition) is 5. The van der Waals surface area contributed by atoms with Crippen molar-refractivity contribution in [2.45, 2.75) is 25.7 Å². The number of sulfonamides is 1. The van der Waals surface area contributed by atoms with E-state index in [2.05, 4.69) is 33.1 Å². The molecule has 178 valence electrons. The summed E-state index contributed by atoms with van der Waals surface area (Å²) in [5.41, 5.74) is 5.31. The number of aryl methyl sites for hydroxylation is 1. The zero-order valence-electron chi connectivity index (χ0n) is 19.2. The Balaban J connectivity index is 1.85. The van der Waals surface area contributed by atoms with Gasteiger partial charge in [-0.3, -0.25) is 9.10 Å². The summed E-state index contributed by atoms with van der Waals surface area (Å²) in [6, 6.07) is 20.8. The SMILES string of the molecule is CCOc1ccc(S(=O)(=O)N(CC(=O)N/N=C(/C)c2ccc(I)cc2)c2ccc(C)cc2)cc1. The summed E-state index contributed by atoms with van der Waals surface area (Å²) in [6.07, 6.45) is 0. The number of ether oxygens (including phenoxy) is 1. The second-order valence-electron chi connectivity index (χ2n) is 7.49. The van der Waals surface area contributed by atoms with Crippen LogP contribution in [0, 0.1) is 10.5 Å². The minimum Gasteiger partial charge on any atom is -0.494 e. The van der Waals surface area contributed by atoms with Crippen molar-refractivity contribution in [1.29, 1.82) is 0 Å². The van der Waals surface area contributed by atoms with Crippen molar-refractivity contribution in [2.24, 2.45) is 5.10 Å². The van der Waals surface area contributed by atoms with E-state index in [0.717, 1.165) is 19.0 Å². The van der Waals surface area contributed by atoms with Crippen LogP contribution >= 0.6 is 22.6 Å². The van der Waals surface area contributed by atoms with Crippen molar-refractivity contribution in [3.8, 4) is 5.75 Å². The minimum absolute atomic E-state index is 0.0582. The molecular formula is C25H26IN3O4S. The van der Waals surface area contributed by atoms with Gasteiger partial charge in [-0.2, -0.15) is 5.10 Å². The number of carbonyl (C=O) groups excluding carboxylic acids is 1. The molecule has 0 aliphatic carbocycles. The van der Waals surface area contributed by atoms with E-state index in [-0.39, 0.29) is 4.90 Å². The standard InChI is InChI=1S/C25H26IN3O4S/c1-4-33-23-13-15-24(16-14-23)34(31,32)29(22-11-5-18(2)6-12-22)17-25(30)28-27-19(3)20-7-9-21(26)10-8-20/h5-16H,4,17H2,1-3H3,(H,28,30)/b27-19-. The van der Waals surface area contributed by atoms with E-state index in [1.54, 1.807) is 43.3 Å². The van der Waals surface area contributed by atoms with Gasteiger partial charge in [0.2, 0.25) is 0 Å². The largest absolute Gasteiger partial charge is 0.494 e. The van der Waals surface area contributed by atoms with Gasteiger partial charge in [0.15, 0.2) is 0 Å². The third kappa shape index (κ3) is 6.57. The van der Waals surface area contributed by atoms with Gasteiger partial charge in [-0.05, 0) is 97.5 Å². The first-order chi connectivity index (χ1) is 16.2. The van der Waals surface area contributed by atoms with Crippen molar-refractivity contribution in [3.63, 3.8) is 0 Å². The Hall–Kier alpha value is -2.92. The first-order valence-electron chi connectivity index (χ1n) is 10.6. The van der Waals surface area contributed by atoms with Gasteiger partial charge in [-0.1, -0.05) is 29.8 Å². The van der Waals surface area contributed by atoms with Crippen LogP contribution in [0.1, 0.15) is 25.0 Å². The average Bonchev–Trinajstić information content (AvgIpc) is 2.82. The average molecular weight is 591 g/mol. The van der Waals surface area contributed by atoms with Crippen LogP contribution in [0.3, 0.4) is 0 Å². The van der Waals surface area contributed by atoms with Gasteiger partial charge < -0.3 is 4.74 Å². The topological polar surface area (TPSA) is 88.1 Å². The molecule has 0 radical (unpaired) electrons. The number of hydrogen-bond donors (Lipinski definition) is 1. The van der Waals surface area contributed by atoms with Gasteiger partial charge in [0.25, 0.3) is 15.9 Å². The van der Waals surface area contributed by atoms with Crippen LogP contribution in [-0.2, 0) is 14.8 Å². The Morgan fingerprint density at radius 3 is 2.21 bits per heavy atom. The van der Waals surface area contributed by atoms with Gasteiger partial charge in [-0.15, -0.1) is 0 Å². The van der Waals surface area contributed by atoms with Crippen LogP contribution in [0.25, 0.3) is 0 Å². The molecule has 3 aromatic carbocycles. The lowest BCUT2D eigenvalue weighted by Gasteiger charge is -2.24. The molecule has 0 unspecified atom stereocenters. The molecule has 1 N–H and O–H groups in total. The number of nitrogens with zero attached hydrogens (tertiary/aromatic N) is 2. The third-order valence-electron chi connectivity index (χ3n) is 4.94. The van der Waals surface area contributed by atoms with Crippen molar-refractivity contribution < 1.29 is 17.9 Å². The summed E-state index contributed by atoms with van der Waals surface area (Å²) in [6.45, 7) is 5.58. The Morgan fingerprint density at radius 1 is 1.00 bits per heavy atom. The molecule has 1 amide bonds. The summed E-state index contributed by atoms with van der Waals surface area (Å²) in [5.74, 6) is 0.0152. The van der Waals surface area contributed by atoms with E-state index in [1.807, 2.05) is 38.1 Å². The first kappa shape index (κ1) is 25.7. The van der Waals surface area contributed by atoms with Crippen LogP contribution < -0.4 is 14.5 Å². The normalized spacial score (nSPS) is 11.7. The van der Waals surface area contributed by atoms with Gasteiger partial charge >= 0.3 is 0 Å². The fourth-order valence-electron chi connectivity index (χ4n) is 3.10. The molecule has 0 heterocycles. The van der Waals surface area contributed by atoms with Crippen LogP contribution in [0.5, 0.6) is 5.75 Å². The van der Waals surface area contributed by atoms with Crippen molar-refractivity contribution >= 4 is 49.9 Å². The van der Waals surface area contributed by atoms with Crippen molar-refractivity contribution in [3.05, 3.63) is 87.5 Å². The summed E-state index contributed by atoms with van der Waals surface area (Å²) in [4.78, 5) is 12.8. The number of amides is 1. The van der Waals surface area contributed by atoms with Crippen molar-refractivity contribution in [2.75, 3.05) is 17.5 Å². The fraction of sp³-hybridized carbons (Fsp3) is 0.200. The van der Waals surface area contributed by atoms with Gasteiger partial charge in [0.05, 0.1) is 22.9 Å². The molecule has 0 aliphatic heterocycles. The number of halogens is 1. The molecule has 0 saturated carbocycles. The van der Waals surface area contributed by atoms with Crippen LogP contribution in [0.2, 0.25) is 0 Å². The lowest BCUT2D eigenvalue weighted by Crippen LogP contribution is -2.39. The summed E-state index contributed by atoms with van der Waals surface area (Å²) >= 11 is 2.21. The maximum atomic E-state index is 13.5. The van der Waals surface area contributed by atoms with Gasteiger partial charge in [0, 0.05) is 3.57 Å². The molecule has 0 bridgehead atoms. The molecule has 3 rings (SSSR count). The van der Waals surface area contributed by atoms with E-state index in [4.69, 9.17) is 4.74 Å². The second kappa shape index (κ2) is 11.5. The Kier molecular flexibility index (Phi) is 8.67. The monoisotopic (exact) mass is 591 g/mol. The Labute approximate surface area is 214 Å². The fourth-order valence-corrected chi connectivity index (χ4v) is 4.88. The molecule has 0 spiro atoms. The molecule has 34 heavy (non-hydrogen) atoms. The maximum absolute atomic E-state index is 13.5. The predicted molar refractivity (Wildman–Crippen MR) is 143 cm³/mol. The maximum Gasteiger partial charge on any atom is 0.264 e. The zero-order valence-corrected chi connectivity index (χ0v) is 22.1. The van der Waals surface area contributed by atoms with Crippen LogP contribution in [-0.4, -0.2) is 33.2 Å². The highest BCUT2D eigenvalue weighted by atomic mass is 127. The lowest BCUT2D eigenvalue weighted by molar-refractivity contribution is -0.119. The molecule has 7 nitrogen and oxygen atoms in total. The number of anilines is 1. The molecule has 0 fully saturated rings. The molecule has 0 aromatic heterocycles. The van der Waals surface area contributed by atoms with Gasteiger partial charge in [0.1, 0.15) is 12.3 Å². The lowest BCUT2D eigenvalue weighted by atomic mass is 10.1. The van der Waals surface area contributed by atoms with Crippen LogP contribution in [0.4, 0.5) is 5.69 Å². The highest BCUT2D eigenvalue weighted by molar-refractivity contribution is 14.1. The quantitative estimate of drug-likeness (QED) is 0.222. The third-order valence-corrected chi connectivity index (χ3v) is 7.45. The summed E-state index contributed by atoms with van der Waals surface area (Å²) in [7, 11) is -4.02. The predicted octanol–water partition coefficient (Wildman–Crippen LogP) is 4.73. The minimum atomic E-state index is -4.02. The summed E-state index contributed by atoms with van der Waals surface area (Å²) in [5, 5.41) is 4.15. The van der Waals surface area contributed by atoms with E-state index in [9.17, 15) is 13.2 Å². The second-order valence-corrected chi connectivity index (χ2v) is 10.6. The highest BCUT2D eigenvalue weighted by Gasteiger charge is 2.27. The first-order valence-corrected chi connectivity index (χ1v) is 13.1. The number of rotatable bonds is 9. The smallest absolute Gasteiger partial charge is 0.264 e. The summed E-state index contributed by atoms with van der Waals surface area (Å²) < 4.78 is 34.5. The van der Waals surface area contributed by atoms with Crippen LogP contribution in [0.15, 0.2) is 82.8 Å². The number of carbonyl (C=O) groups is 1. The van der Waals surface area contributed by atoms with Crippen molar-refractivity contribution in [1.82, 2.24) is 5.43 Å². The number of hydrazone groups is 1. The van der Waals surface area contributed by atoms with E-state index < -0.39 is 22.5 Å². The van der Waals surface area contributed by atoms with E-state index in [0.29, 0.717) is 23.8 Å². The van der Waals surface area contributed by atoms with E-state index in [1.165, 1.54) is 12.1 Å². The number of benzene rings is 3. The molecular weight excluding hydrogens is 565 g/mol. The van der Waals surface area contributed by atoms with E-state index >= 15 is 0 Å².